The van der Waals surface area contributed by atoms with Gasteiger partial charge in [0.2, 0.25) is 11.8 Å². The molecule has 6 nitrogen and oxygen atoms in total. The lowest BCUT2D eigenvalue weighted by Gasteiger charge is -2.31. The third-order valence-corrected chi connectivity index (χ3v) is 5.22. The number of hydrogen-bond donors (Lipinski definition) is 0. The van der Waals surface area contributed by atoms with Crippen molar-refractivity contribution in [3.63, 3.8) is 0 Å². The molecule has 0 bridgehead atoms. The zero-order valence-corrected chi connectivity index (χ0v) is 15.0. The Morgan fingerprint density at radius 2 is 2.20 bits per heavy atom. The monoisotopic (exact) mass is 357 g/mol. The van der Waals surface area contributed by atoms with Gasteiger partial charge in [-0.1, -0.05) is 0 Å². The second-order valence-corrected chi connectivity index (χ2v) is 7.15. The Hall–Kier alpha value is -2.41. The summed E-state index contributed by atoms with van der Waals surface area (Å²) < 4.78 is 11.4. The van der Waals surface area contributed by atoms with Crippen LogP contribution in [0, 0.1) is 13.8 Å². The van der Waals surface area contributed by atoms with E-state index in [9.17, 15) is 4.79 Å². The molecule has 1 amide bonds. The first-order valence-electron chi connectivity index (χ1n) is 8.34. The van der Waals surface area contributed by atoms with Crippen molar-refractivity contribution < 1.29 is 13.6 Å². The van der Waals surface area contributed by atoms with Crippen molar-refractivity contribution >= 4 is 17.2 Å². The van der Waals surface area contributed by atoms with Gasteiger partial charge in [-0.25, -0.2) is 0 Å². The summed E-state index contributed by atoms with van der Waals surface area (Å²) in [4.78, 5) is 14.7. The van der Waals surface area contributed by atoms with E-state index < -0.39 is 0 Å². The normalized spacial score (nSPS) is 17.8. The number of hydrogen-bond acceptors (Lipinski definition) is 6. The van der Waals surface area contributed by atoms with Crippen molar-refractivity contribution in [3.8, 4) is 11.5 Å². The highest BCUT2D eigenvalue weighted by Gasteiger charge is 2.30. The van der Waals surface area contributed by atoms with Gasteiger partial charge in [-0.2, -0.15) is 11.3 Å². The minimum atomic E-state index is 0.0108. The predicted molar refractivity (Wildman–Crippen MR) is 93.7 cm³/mol. The molecular formula is C18H19N3O3S. The van der Waals surface area contributed by atoms with Gasteiger partial charge < -0.3 is 13.7 Å². The number of furan rings is 1. The minimum absolute atomic E-state index is 0.0108. The van der Waals surface area contributed by atoms with Gasteiger partial charge in [0, 0.05) is 24.0 Å². The van der Waals surface area contributed by atoms with Crippen molar-refractivity contribution in [1.29, 1.82) is 0 Å². The van der Waals surface area contributed by atoms with E-state index in [4.69, 9.17) is 8.83 Å². The van der Waals surface area contributed by atoms with Gasteiger partial charge in [-0.15, -0.1) is 10.2 Å². The Balaban J connectivity index is 1.51. The Kier molecular flexibility index (Phi) is 4.17. The second-order valence-electron chi connectivity index (χ2n) is 6.37. The number of carbonyl (C=O) groups is 1. The molecule has 0 unspecified atom stereocenters. The van der Waals surface area contributed by atoms with Gasteiger partial charge in [0.05, 0.1) is 11.5 Å². The number of nitrogens with zero attached hydrogens (tertiary/aromatic N) is 3. The number of amides is 1. The summed E-state index contributed by atoms with van der Waals surface area (Å²) in [6.45, 7) is 5.01. The third-order valence-electron chi connectivity index (χ3n) is 4.54. The lowest BCUT2D eigenvalue weighted by Crippen LogP contribution is -2.39. The fraction of sp³-hybridized carbons (Fsp3) is 0.389. The van der Waals surface area contributed by atoms with Crippen LogP contribution in [0.1, 0.15) is 46.5 Å². The third kappa shape index (κ3) is 3.11. The summed E-state index contributed by atoms with van der Waals surface area (Å²) in [5, 5.41) is 12.3. The molecule has 0 aliphatic carbocycles. The molecule has 4 heterocycles. The molecule has 1 atom stereocenters. The van der Waals surface area contributed by atoms with Crippen LogP contribution < -0.4 is 0 Å². The summed E-state index contributed by atoms with van der Waals surface area (Å²) in [7, 11) is 0. The zero-order chi connectivity index (χ0) is 17.4. The van der Waals surface area contributed by atoms with E-state index in [1.54, 1.807) is 11.3 Å². The maximum atomic E-state index is 12.8. The molecule has 0 radical (unpaired) electrons. The van der Waals surface area contributed by atoms with Crippen LogP contribution in [0.25, 0.3) is 11.5 Å². The molecular weight excluding hydrogens is 338 g/mol. The lowest BCUT2D eigenvalue weighted by molar-refractivity contribution is 0.0696. The molecule has 1 aliphatic heterocycles. The maximum Gasteiger partial charge on any atom is 0.257 e. The van der Waals surface area contributed by atoms with Gasteiger partial charge in [0.1, 0.15) is 11.5 Å². The van der Waals surface area contributed by atoms with Crippen molar-refractivity contribution in [2.75, 3.05) is 13.1 Å². The molecule has 4 rings (SSSR count). The predicted octanol–water partition coefficient (Wildman–Crippen LogP) is 4.03. The van der Waals surface area contributed by atoms with Gasteiger partial charge in [-0.05, 0) is 44.2 Å². The van der Waals surface area contributed by atoms with Gasteiger partial charge in [-0.3, -0.25) is 4.79 Å². The number of aryl methyl sites for hydroxylation is 2. The standard InChI is InChI=1S/C18H19N3O3S/c1-11-8-15(12(2)23-11)18(22)21-6-3-4-13(9-21)16-19-20-17(24-16)14-5-7-25-10-14/h5,7-8,10,13H,3-4,6,9H2,1-2H3/t13-/m0/s1. The molecule has 0 aromatic carbocycles. The van der Waals surface area contributed by atoms with E-state index in [1.165, 1.54) is 0 Å². The summed E-state index contributed by atoms with van der Waals surface area (Å²) in [5.74, 6) is 2.66. The quantitative estimate of drug-likeness (QED) is 0.708. The van der Waals surface area contributed by atoms with Crippen molar-refractivity contribution in [3.05, 3.63) is 45.9 Å². The molecule has 3 aromatic rings. The number of rotatable bonds is 3. The van der Waals surface area contributed by atoms with Gasteiger partial charge in [0.25, 0.3) is 5.91 Å². The first kappa shape index (κ1) is 16.1. The molecule has 0 saturated carbocycles. The van der Waals surface area contributed by atoms with E-state index in [0.29, 0.717) is 29.6 Å². The van der Waals surface area contributed by atoms with E-state index in [2.05, 4.69) is 10.2 Å². The first-order valence-corrected chi connectivity index (χ1v) is 9.28. The first-order chi connectivity index (χ1) is 12.1. The summed E-state index contributed by atoms with van der Waals surface area (Å²) in [6.07, 6.45) is 1.86. The number of piperidine rings is 1. The molecule has 1 fully saturated rings. The lowest BCUT2D eigenvalue weighted by atomic mass is 9.97. The highest BCUT2D eigenvalue weighted by molar-refractivity contribution is 7.08. The van der Waals surface area contributed by atoms with Crippen LogP contribution in [0.3, 0.4) is 0 Å². The molecule has 130 valence electrons. The molecule has 3 aromatic heterocycles. The van der Waals surface area contributed by atoms with Gasteiger partial charge in [0.15, 0.2) is 0 Å². The molecule has 0 N–H and O–H groups in total. The van der Waals surface area contributed by atoms with E-state index in [1.807, 2.05) is 41.6 Å². The van der Waals surface area contributed by atoms with E-state index in [-0.39, 0.29) is 11.8 Å². The largest absolute Gasteiger partial charge is 0.466 e. The average Bonchev–Trinajstić information content (AvgIpc) is 3.34. The smallest absolute Gasteiger partial charge is 0.257 e. The van der Waals surface area contributed by atoms with Crippen LogP contribution in [0.4, 0.5) is 0 Å². The number of carbonyl (C=O) groups excluding carboxylic acids is 1. The van der Waals surface area contributed by atoms with Crippen LogP contribution in [0.5, 0.6) is 0 Å². The van der Waals surface area contributed by atoms with Crippen LogP contribution in [0.2, 0.25) is 0 Å². The highest BCUT2D eigenvalue weighted by atomic mass is 32.1. The molecule has 0 spiro atoms. The van der Waals surface area contributed by atoms with Crippen LogP contribution in [0.15, 0.2) is 31.7 Å². The Morgan fingerprint density at radius 1 is 1.32 bits per heavy atom. The highest BCUT2D eigenvalue weighted by Crippen LogP contribution is 2.30. The van der Waals surface area contributed by atoms with E-state index in [0.717, 1.165) is 30.7 Å². The number of aromatic nitrogens is 2. The minimum Gasteiger partial charge on any atom is -0.466 e. The van der Waals surface area contributed by atoms with Crippen LogP contribution in [-0.4, -0.2) is 34.1 Å². The Morgan fingerprint density at radius 3 is 2.92 bits per heavy atom. The van der Waals surface area contributed by atoms with Crippen LogP contribution in [-0.2, 0) is 0 Å². The summed E-state index contributed by atoms with van der Waals surface area (Å²) in [6, 6.07) is 3.77. The number of thiophene rings is 1. The molecule has 25 heavy (non-hydrogen) atoms. The Bertz CT molecular complexity index is 881. The zero-order valence-electron chi connectivity index (χ0n) is 14.2. The summed E-state index contributed by atoms with van der Waals surface area (Å²) >= 11 is 1.59. The fourth-order valence-corrected chi connectivity index (χ4v) is 3.91. The molecule has 1 aliphatic rings. The van der Waals surface area contributed by atoms with E-state index >= 15 is 0 Å². The van der Waals surface area contributed by atoms with Crippen molar-refractivity contribution in [2.24, 2.45) is 0 Å². The topological polar surface area (TPSA) is 72.4 Å². The fourth-order valence-electron chi connectivity index (χ4n) is 3.28. The average molecular weight is 357 g/mol. The van der Waals surface area contributed by atoms with Gasteiger partial charge >= 0.3 is 0 Å². The summed E-state index contributed by atoms with van der Waals surface area (Å²) in [5.41, 5.74) is 1.58. The van der Waals surface area contributed by atoms with Crippen molar-refractivity contribution in [2.45, 2.75) is 32.6 Å². The second kappa shape index (κ2) is 6.48. The molecule has 7 heteroatoms. The Labute approximate surface area is 149 Å². The number of likely N-dealkylation sites (tertiary alicyclic amines) is 1. The molecule has 1 saturated heterocycles. The maximum absolute atomic E-state index is 12.8. The van der Waals surface area contributed by atoms with Crippen molar-refractivity contribution in [1.82, 2.24) is 15.1 Å². The SMILES string of the molecule is Cc1cc(C(=O)N2CCC[C@H](c3nnc(-c4ccsc4)o3)C2)c(C)o1. The van der Waals surface area contributed by atoms with Crippen LogP contribution >= 0.6 is 11.3 Å².